The first-order valence-corrected chi connectivity index (χ1v) is 8.42. The van der Waals surface area contributed by atoms with Crippen LogP contribution in [0.5, 0.6) is 17.2 Å². The van der Waals surface area contributed by atoms with Gasteiger partial charge in [-0.15, -0.1) is 5.10 Å². The summed E-state index contributed by atoms with van der Waals surface area (Å²) in [6.07, 6.45) is 0. The topological polar surface area (TPSA) is 114 Å². The normalized spacial score (nSPS) is 10.4. The van der Waals surface area contributed by atoms with Crippen molar-refractivity contribution in [1.29, 1.82) is 0 Å². The zero-order valence-electron chi connectivity index (χ0n) is 15.8. The Bertz CT molecular complexity index is 986. The van der Waals surface area contributed by atoms with E-state index >= 15 is 0 Å². The highest BCUT2D eigenvalue weighted by atomic mass is 16.5. The van der Waals surface area contributed by atoms with Gasteiger partial charge in [-0.3, -0.25) is 4.79 Å². The van der Waals surface area contributed by atoms with Crippen LogP contribution >= 0.6 is 0 Å². The molecule has 1 aromatic heterocycles. The first kappa shape index (κ1) is 19.0. The molecule has 0 aliphatic rings. The average Bonchev–Trinajstić information content (AvgIpc) is 3.13. The lowest BCUT2D eigenvalue weighted by Gasteiger charge is -2.10. The second kappa shape index (κ2) is 8.30. The van der Waals surface area contributed by atoms with Gasteiger partial charge in [0.15, 0.2) is 23.0 Å². The largest absolute Gasteiger partial charge is 0.496 e. The zero-order chi connectivity index (χ0) is 20.1. The van der Waals surface area contributed by atoms with Gasteiger partial charge in [-0.25, -0.2) is 0 Å². The van der Waals surface area contributed by atoms with Crippen molar-refractivity contribution in [3.8, 4) is 22.9 Å². The van der Waals surface area contributed by atoms with Gasteiger partial charge < -0.3 is 25.3 Å². The number of para-hydroxylation sites is 1. The van der Waals surface area contributed by atoms with Gasteiger partial charge in [0.25, 0.3) is 5.91 Å². The summed E-state index contributed by atoms with van der Waals surface area (Å²) in [7, 11) is 4.65. The minimum Gasteiger partial charge on any atom is -0.496 e. The molecule has 3 N–H and O–H groups in total. The van der Waals surface area contributed by atoms with E-state index in [0.717, 1.165) is 5.56 Å². The number of carbonyl (C=O) groups excluding carboxylic acids is 1. The van der Waals surface area contributed by atoms with Crippen molar-refractivity contribution < 1.29 is 19.0 Å². The molecular formula is C19H21N5O4. The van der Waals surface area contributed by atoms with Gasteiger partial charge in [-0.1, -0.05) is 23.4 Å². The molecule has 0 saturated heterocycles. The summed E-state index contributed by atoms with van der Waals surface area (Å²) in [4.78, 5) is 12.5. The van der Waals surface area contributed by atoms with Gasteiger partial charge in [-0.2, -0.15) is 4.68 Å². The molecule has 2 aromatic carbocycles. The first-order valence-electron chi connectivity index (χ1n) is 8.42. The SMILES string of the molecule is COc1ccccc1CNC(=O)c1nnn(-c2ccc(OC)c(OC)c2)c1N. The number of nitrogens with one attached hydrogen (secondary N) is 1. The van der Waals surface area contributed by atoms with Crippen molar-refractivity contribution in [1.82, 2.24) is 20.3 Å². The number of carbonyl (C=O) groups is 1. The maximum absolute atomic E-state index is 12.5. The zero-order valence-corrected chi connectivity index (χ0v) is 15.8. The summed E-state index contributed by atoms with van der Waals surface area (Å²) in [6.45, 7) is 0.269. The van der Waals surface area contributed by atoms with E-state index in [1.54, 1.807) is 32.4 Å². The number of hydrogen-bond donors (Lipinski definition) is 2. The van der Waals surface area contributed by atoms with E-state index in [2.05, 4.69) is 15.6 Å². The van der Waals surface area contributed by atoms with Crippen molar-refractivity contribution in [3.05, 3.63) is 53.7 Å². The molecule has 0 spiro atoms. The van der Waals surface area contributed by atoms with E-state index in [4.69, 9.17) is 19.9 Å². The Hall–Kier alpha value is -3.75. The number of aromatic nitrogens is 3. The number of benzene rings is 2. The summed E-state index contributed by atoms with van der Waals surface area (Å²) in [5.41, 5.74) is 7.56. The molecule has 0 atom stereocenters. The second-order valence-electron chi connectivity index (χ2n) is 5.77. The maximum atomic E-state index is 12.5. The minimum atomic E-state index is -0.435. The lowest BCUT2D eigenvalue weighted by Crippen LogP contribution is -2.24. The molecule has 0 bridgehead atoms. The molecule has 0 fully saturated rings. The van der Waals surface area contributed by atoms with E-state index in [1.807, 2.05) is 24.3 Å². The predicted octanol–water partition coefficient (Wildman–Crippen LogP) is 1.81. The number of hydrogen-bond acceptors (Lipinski definition) is 7. The monoisotopic (exact) mass is 383 g/mol. The van der Waals surface area contributed by atoms with Crippen LogP contribution in [0.1, 0.15) is 16.1 Å². The number of nitrogen functional groups attached to an aromatic ring is 1. The van der Waals surface area contributed by atoms with E-state index in [-0.39, 0.29) is 18.1 Å². The van der Waals surface area contributed by atoms with Crippen LogP contribution in [0.15, 0.2) is 42.5 Å². The van der Waals surface area contributed by atoms with Crippen molar-refractivity contribution in [2.45, 2.75) is 6.54 Å². The number of anilines is 1. The van der Waals surface area contributed by atoms with E-state index in [0.29, 0.717) is 22.9 Å². The molecule has 0 aliphatic heterocycles. The summed E-state index contributed by atoms with van der Waals surface area (Å²) in [5, 5.41) is 10.7. The fourth-order valence-electron chi connectivity index (χ4n) is 2.71. The molecule has 1 amide bonds. The molecule has 3 rings (SSSR count). The molecule has 3 aromatic rings. The second-order valence-corrected chi connectivity index (χ2v) is 5.77. The number of nitrogens with two attached hydrogens (primary N) is 1. The molecule has 0 saturated carbocycles. The summed E-state index contributed by atoms with van der Waals surface area (Å²) < 4.78 is 17.1. The maximum Gasteiger partial charge on any atom is 0.275 e. The first-order chi connectivity index (χ1) is 13.6. The van der Waals surface area contributed by atoms with Crippen LogP contribution in [0.25, 0.3) is 5.69 Å². The quantitative estimate of drug-likeness (QED) is 0.639. The van der Waals surface area contributed by atoms with Crippen molar-refractivity contribution in [2.24, 2.45) is 0 Å². The number of methoxy groups -OCH3 is 3. The van der Waals surface area contributed by atoms with Crippen LogP contribution < -0.4 is 25.3 Å². The number of rotatable bonds is 7. The Morgan fingerprint density at radius 2 is 1.75 bits per heavy atom. The molecule has 0 unspecified atom stereocenters. The van der Waals surface area contributed by atoms with Gasteiger partial charge in [-0.05, 0) is 18.2 Å². The highest BCUT2D eigenvalue weighted by Gasteiger charge is 2.19. The Balaban J connectivity index is 1.80. The van der Waals surface area contributed by atoms with Crippen LogP contribution in [0.4, 0.5) is 5.82 Å². The summed E-state index contributed by atoms with van der Waals surface area (Å²) in [5.74, 6) is 1.45. The predicted molar refractivity (Wildman–Crippen MR) is 103 cm³/mol. The van der Waals surface area contributed by atoms with Gasteiger partial charge in [0.05, 0.1) is 27.0 Å². The standard InChI is InChI=1S/C19H21N5O4/c1-26-14-7-5-4-6-12(14)11-21-19(25)17-18(20)24(23-22-17)13-8-9-15(27-2)16(10-13)28-3/h4-10H,11,20H2,1-3H3,(H,21,25). The fourth-order valence-corrected chi connectivity index (χ4v) is 2.71. The van der Waals surface area contributed by atoms with E-state index in [1.165, 1.54) is 11.8 Å². The number of ether oxygens (including phenoxy) is 3. The van der Waals surface area contributed by atoms with Gasteiger partial charge in [0.1, 0.15) is 5.75 Å². The van der Waals surface area contributed by atoms with Gasteiger partial charge >= 0.3 is 0 Å². The molecule has 0 aliphatic carbocycles. The molecular weight excluding hydrogens is 362 g/mol. The van der Waals surface area contributed by atoms with Crippen LogP contribution in [0, 0.1) is 0 Å². The molecule has 9 heteroatoms. The minimum absolute atomic E-state index is 0.0321. The van der Waals surface area contributed by atoms with Crippen molar-refractivity contribution >= 4 is 11.7 Å². The smallest absolute Gasteiger partial charge is 0.275 e. The van der Waals surface area contributed by atoms with Crippen LogP contribution in [-0.4, -0.2) is 42.2 Å². The lowest BCUT2D eigenvalue weighted by atomic mass is 10.2. The van der Waals surface area contributed by atoms with Gasteiger partial charge in [0, 0.05) is 18.2 Å². The Kier molecular flexibility index (Phi) is 5.64. The third kappa shape index (κ3) is 3.68. The third-order valence-corrected chi connectivity index (χ3v) is 4.16. The highest BCUT2D eigenvalue weighted by molar-refractivity contribution is 5.96. The van der Waals surface area contributed by atoms with Crippen molar-refractivity contribution in [2.75, 3.05) is 27.1 Å². The Labute approximate surface area is 162 Å². The van der Waals surface area contributed by atoms with Crippen molar-refractivity contribution in [3.63, 3.8) is 0 Å². The molecule has 9 nitrogen and oxygen atoms in total. The Morgan fingerprint density at radius 1 is 1.04 bits per heavy atom. The summed E-state index contributed by atoms with van der Waals surface area (Å²) >= 11 is 0. The van der Waals surface area contributed by atoms with Crippen LogP contribution in [0.3, 0.4) is 0 Å². The molecule has 1 heterocycles. The van der Waals surface area contributed by atoms with Crippen LogP contribution in [-0.2, 0) is 6.54 Å². The van der Waals surface area contributed by atoms with Gasteiger partial charge in [0.2, 0.25) is 0 Å². The Morgan fingerprint density at radius 3 is 2.46 bits per heavy atom. The molecule has 0 radical (unpaired) electrons. The fraction of sp³-hybridized carbons (Fsp3) is 0.211. The van der Waals surface area contributed by atoms with E-state index < -0.39 is 5.91 Å². The average molecular weight is 383 g/mol. The van der Waals surface area contributed by atoms with Crippen LogP contribution in [0.2, 0.25) is 0 Å². The highest BCUT2D eigenvalue weighted by Crippen LogP contribution is 2.29. The third-order valence-electron chi connectivity index (χ3n) is 4.16. The lowest BCUT2D eigenvalue weighted by molar-refractivity contribution is 0.0946. The number of nitrogens with zero attached hydrogens (tertiary/aromatic N) is 3. The summed E-state index contributed by atoms with van der Waals surface area (Å²) in [6, 6.07) is 12.6. The molecule has 28 heavy (non-hydrogen) atoms. The number of amides is 1. The van der Waals surface area contributed by atoms with E-state index in [9.17, 15) is 4.79 Å². The molecule has 146 valence electrons.